The predicted molar refractivity (Wildman–Crippen MR) is 107 cm³/mol. The summed E-state index contributed by atoms with van der Waals surface area (Å²) in [5, 5.41) is -0.820. The summed E-state index contributed by atoms with van der Waals surface area (Å²) in [6, 6.07) is 0. The van der Waals surface area contributed by atoms with Gasteiger partial charge in [-0.25, -0.2) is 8.42 Å². The smallest absolute Gasteiger partial charge is 0.748 e. The molecule has 0 aromatic carbocycles. The van der Waals surface area contributed by atoms with E-state index in [-0.39, 0.29) is 35.5 Å². The Morgan fingerprint density at radius 3 is 1.52 bits per heavy atom. The van der Waals surface area contributed by atoms with E-state index in [9.17, 15) is 22.6 Å². The molecule has 0 aliphatic heterocycles. The fraction of sp³-hybridized carbons (Fsp3) is 0.900. The largest absolute Gasteiger partial charge is 1.00 e. The van der Waals surface area contributed by atoms with Crippen LogP contribution >= 0.6 is 0 Å². The molecule has 0 saturated heterocycles. The van der Waals surface area contributed by atoms with Crippen LogP contribution in [0.2, 0.25) is 0 Å². The molecule has 166 valence electrons. The van der Waals surface area contributed by atoms with E-state index < -0.39 is 15.4 Å². The summed E-state index contributed by atoms with van der Waals surface area (Å²) in [6.45, 7) is 5.80. The molecule has 0 radical (unpaired) electrons. The van der Waals surface area contributed by atoms with Crippen LogP contribution in [-0.4, -0.2) is 44.4 Å². The van der Waals surface area contributed by atoms with Crippen LogP contribution in [0.4, 0.5) is 0 Å². The second kappa shape index (κ2) is 19.8. The van der Waals surface area contributed by atoms with Gasteiger partial charge in [0, 0.05) is 5.25 Å². The van der Waals surface area contributed by atoms with Crippen molar-refractivity contribution in [1.29, 1.82) is 0 Å². The molecule has 0 heterocycles. The van der Waals surface area contributed by atoms with Crippen LogP contribution in [0, 0.1) is 11.8 Å². The predicted octanol–water partition coefficient (Wildman–Crippen LogP) is 0.814. The molecular formula is C20H37NaO7S. The van der Waals surface area contributed by atoms with Crippen LogP contribution < -0.4 is 29.6 Å². The fourth-order valence-electron chi connectivity index (χ4n) is 3.38. The molecule has 0 aliphatic rings. The maximum absolute atomic E-state index is 11.5. The topological polar surface area (TPSA) is 110 Å². The van der Waals surface area contributed by atoms with Crippen molar-refractivity contribution >= 4 is 23.1 Å². The minimum atomic E-state index is -4.29. The second-order valence-electron chi connectivity index (χ2n) is 7.44. The molecule has 0 aromatic rings. The van der Waals surface area contributed by atoms with E-state index >= 15 is 0 Å². The normalized spacial score (nSPS) is 14.3. The van der Waals surface area contributed by atoms with Gasteiger partial charge in [0.2, 0.25) is 0 Å². The summed E-state index contributed by atoms with van der Waals surface area (Å²) in [7, 11) is -4.29. The molecule has 3 atom stereocenters. The first-order valence-corrected chi connectivity index (χ1v) is 11.9. The van der Waals surface area contributed by atoms with Gasteiger partial charge in [0.05, 0.1) is 23.3 Å². The Labute approximate surface area is 198 Å². The Balaban J connectivity index is 0. The zero-order chi connectivity index (χ0) is 21.3. The number of carbonyl (C=O) groups is 2. The van der Waals surface area contributed by atoms with Gasteiger partial charge in [0.15, 0.2) is 0 Å². The zero-order valence-electron chi connectivity index (χ0n) is 18.3. The van der Waals surface area contributed by atoms with Gasteiger partial charge in [-0.2, -0.15) is 0 Å². The van der Waals surface area contributed by atoms with Crippen molar-refractivity contribution in [3.8, 4) is 0 Å². The van der Waals surface area contributed by atoms with E-state index in [1.54, 1.807) is 0 Å². The second-order valence-corrected chi connectivity index (χ2v) is 9.10. The molecule has 0 aromatic heterocycles. The molecule has 9 heteroatoms. The van der Waals surface area contributed by atoms with Gasteiger partial charge >= 0.3 is 29.6 Å². The molecule has 0 aliphatic carbocycles. The molecule has 0 saturated carbocycles. The van der Waals surface area contributed by atoms with Crippen molar-refractivity contribution in [1.82, 2.24) is 0 Å². The number of unbranched alkanes of at least 4 members (excludes halogenated alkanes) is 3. The SMILES string of the molecule is CCC(CCCCCC(CCCCC(CC)COC=O)S(=O)(=O)[O-])COC=O.[Na+]. The van der Waals surface area contributed by atoms with Gasteiger partial charge in [0.25, 0.3) is 12.9 Å². The van der Waals surface area contributed by atoms with Crippen molar-refractivity contribution in [2.45, 2.75) is 89.7 Å². The fourth-order valence-corrected chi connectivity index (χ4v) is 4.29. The number of hydrogen-bond acceptors (Lipinski definition) is 7. The summed E-state index contributed by atoms with van der Waals surface area (Å²) >= 11 is 0. The standard InChI is InChI=1S/C20H38O7S.Na/c1-3-18(14-26-16-21)10-6-5-7-12-20(28(23,24)25)13-9-8-11-19(4-2)15-27-17-22;/h16-20H,3-15H2,1-2H3,(H,23,24,25);/q;+1/p-1. The van der Waals surface area contributed by atoms with Crippen molar-refractivity contribution < 1.29 is 61.6 Å². The van der Waals surface area contributed by atoms with Gasteiger partial charge < -0.3 is 14.0 Å². The van der Waals surface area contributed by atoms with Crippen molar-refractivity contribution in [2.24, 2.45) is 11.8 Å². The summed E-state index contributed by atoms with van der Waals surface area (Å²) in [4.78, 5) is 20.5. The number of ether oxygens (including phenoxy) is 2. The number of hydrogen-bond donors (Lipinski definition) is 0. The van der Waals surface area contributed by atoms with Gasteiger partial charge in [-0.1, -0.05) is 58.8 Å². The molecule has 29 heavy (non-hydrogen) atoms. The first-order chi connectivity index (χ1) is 13.4. The average Bonchev–Trinajstić information content (AvgIpc) is 2.66. The zero-order valence-corrected chi connectivity index (χ0v) is 21.2. The molecule has 0 N–H and O–H groups in total. The van der Waals surface area contributed by atoms with Crippen molar-refractivity contribution in [3.63, 3.8) is 0 Å². The Bertz CT molecular complexity index is 499. The molecule has 0 bridgehead atoms. The maximum atomic E-state index is 11.5. The molecule has 0 fully saturated rings. The monoisotopic (exact) mass is 444 g/mol. The van der Waals surface area contributed by atoms with Gasteiger partial charge in [0.1, 0.15) is 0 Å². The third kappa shape index (κ3) is 17.2. The van der Waals surface area contributed by atoms with Crippen LogP contribution in [0.1, 0.15) is 84.5 Å². The van der Waals surface area contributed by atoms with E-state index in [2.05, 4.69) is 0 Å². The summed E-state index contributed by atoms with van der Waals surface area (Å²) < 4.78 is 44.2. The first kappa shape index (κ1) is 31.0. The van der Waals surface area contributed by atoms with E-state index in [0.717, 1.165) is 44.9 Å². The van der Waals surface area contributed by atoms with Gasteiger partial charge in [-0.05, 0) is 37.5 Å². The van der Waals surface area contributed by atoms with Gasteiger partial charge in [-0.15, -0.1) is 0 Å². The Kier molecular flexibility index (Phi) is 21.2. The average molecular weight is 445 g/mol. The number of carbonyl (C=O) groups excluding carboxylic acids is 2. The van der Waals surface area contributed by atoms with E-state index in [4.69, 9.17) is 9.47 Å². The first-order valence-electron chi connectivity index (χ1n) is 10.4. The summed E-state index contributed by atoms with van der Waals surface area (Å²) in [6.07, 6.45) is 8.42. The summed E-state index contributed by atoms with van der Waals surface area (Å²) in [5.41, 5.74) is 0. The van der Waals surface area contributed by atoms with Crippen molar-refractivity contribution in [3.05, 3.63) is 0 Å². The third-order valence-corrected chi connectivity index (χ3v) is 6.68. The number of rotatable bonds is 20. The summed E-state index contributed by atoms with van der Waals surface area (Å²) in [5.74, 6) is 0.612. The van der Waals surface area contributed by atoms with E-state index in [0.29, 0.717) is 57.8 Å². The van der Waals surface area contributed by atoms with E-state index in [1.807, 2.05) is 13.8 Å². The van der Waals surface area contributed by atoms with Gasteiger partial charge in [-0.3, -0.25) is 9.59 Å². The van der Waals surface area contributed by atoms with E-state index in [1.165, 1.54) is 0 Å². The van der Waals surface area contributed by atoms with Crippen LogP contribution in [-0.2, 0) is 29.2 Å². The molecule has 0 spiro atoms. The Morgan fingerprint density at radius 2 is 1.14 bits per heavy atom. The molecule has 0 amide bonds. The molecular weight excluding hydrogens is 407 g/mol. The van der Waals surface area contributed by atoms with Crippen molar-refractivity contribution in [2.75, 3.05) is 13.2 Å². The Morgan fingerprint density at radius 1 is 0.759 bits per heavy atom. The molecule has 0 rings (SSSR count). The minimum absolute atomic E-state index is 0. The van der Waals surface area contributed by atoms with Crippen LogP contribution in [0.5, 0.6) is 0 Å². The third-order valence-electron chi connectivity index (χ3n) is 5.39. The van der Waals surface area contributed by atoms with Crippen LogP contribution in [0.15, 0.2) is 0 Å². The molecule has 3 unspecified atom stereocenters. The van der Waals surface area contributed by atoms with Crippen LogP contribution in [0.3, 0.4) is 0 Å². The quantitative estimate of drug-likeness (QED) is 0.118. The maximum Gasteiger partial charge on any atom is 1.00 e. The minimum Gasteiger partial charge on any atom is -0.748 e. The molecule has 7 nitrogen and oxygen atoms in total. The Hall–Kier alpha value is -0.150. The van der Waals surface area contributed by atoms with Crippen LogP contribution in [0.25, 0.3) is 0 Å².